The molecule has 12 nitrogen and oxygen atoms in total. The number of aliphatic hydroxyl groups excluding tert-OH is 1. The van der Waals surface area contributed by atoms with Crippen LogP contribution in [-0.4, -0.2) is 88.8 Å². The summed E-state index contributed by atoms with van der Waals surface area (Å²) < 4.78 is 5.40. The zero-order valence-electron chi connectivity index (χ0n) is 33.7. The van der Waals surface area contributed by atoms with Gasteiger partial charge in [-0.2, -0.15) is 23.5 Å². The topological polar surface area (TPSA) is 175 Å². The number of carbonyl (C=O) groups excluding carboxylic acids is 5. The van der Waals surface area contributed by atoms with Crippen LogP contribution >= 0.6 is 23.5 Å². The molecule has 0 radical (unpaired) electrons. The number of hydrogen-bond acceptors (Lipinski definition) is 9. The molecule has 2 rings (SSSR count). The number of rotatable bonds is 23. The van der Waals surface area contributed by atoms with Gasteiger partial charge in [0.25, 0.3) is 0 Å². The molecule has 0 unspecified atom stereocenters. The number of amides is 5. The minimum atomic E-state index is -1.12. The van der Waals surface area contributed by atoms with E-state index >= 15 is 0 Å². The lowest BCUT2D eigenvalue weighted by molar-refractivity contribution is -0.132. The number of aliphatic hydroxyl groups is 1. The Bertz CT molecular complexity index is 1480. The molecule has 306 valence electrons. The highest BCUT2D eigenvalue weighted by molar-refractivity contribution is 7.98. The summed E-state index contributed by atoms with van der Waals surface area (Å²) in [5, 5.41) is 25.5. The average molecular weight is 802 g/mol. The van der Waals surface area contributed by atoms with Gasteiger partial charge in [-0.05, 0) is 57.6 Å². The van der Waals surface area contributed by atoms with Crippen LogP contribution in [0.5, 0.6) is 0 Å². The molecule has 55 heavy (non-hydrogen) atoms. The van der Waals surface area contributed by atoms with E-state index in [1.54, 1.807) is 27.7 Å². The first kappa shape index (κ1) is 47.4. The van der Waals surface area contributed by atoms with Crippen LogP contribution in [0.25, 0.3) is 0 Å². The quantitative estimate of drug-likeness (QED) is 0.0828. The summed E-state index contributed by atoms with van der Waals surface area (Å²) in [5.41, 5.74) is 1.36. The monoisotopic (exact) mass is 801 g/mol. The average Bonchev–Trinajstić information content (AvgIpc) is 3.12. The van der Waals surface area contributed by atoms with Gasteiger partial charge in [-0.15, -0.1) is 0 Å². The Labute approximate surface area is 336 Å². The minimum Gasteiger partial charge on any atom is -0.444 e. The maximum absolute atomic E-state index is 13.6. The van der Waals surface area contributed by atoms with Gasteiger partial charge in [-0.1, -0.05) is 94.8 Å². The lowest BCUT2D eigenvalue weighted by atomic mass is 9.96. The molecule has 0 saturated carbocycles. The van der Waals surface area contributed by atoms with Gasteiger partial charge in [0, 0.05) is 35.5 Å². The van der Waals surface area contributed by atoms with Crippen LogP contribution in [0.2, 0.25) is 0 Å². The maximum Gasteiger partial charge on any atom is 0.408 e. The predicted molar refractivity (Wildman–Crippen MR) is 222 cm³/mol. The normalized spacial score (nSPS) is 14.7. The van der Waals surface area contributed by atoms with Crippen LogP contribution in [0.15, 0.2) is 60.7 Å². The van der Waals surface area contributed by atoms with Gasteiger partial charge in [-0.25, -0.2) is 4.79 Å². The van der Waals surface area contributed by atoms with Crippen molar-refractivity contribution in [1.82, 2.24) is 26.6 Å². The number of unbranched alkanes of at least 4 members (excludes halogenated alkanes) is 1. The van der Waals surface area contributed by atoms with Crippen LogP contribution in [-0.2, 0) is 35.4 Å². The van der Waals surface area contributed by atoms with Gasteiger partial charge in [0.15, 0.2) is 0 Å². The van der Waals surface area contributed by atoms with Gasteiger partial charge in [0.1, 0.15) is 23.7 Å². The molecular weight excluding hydrogens is 739 g/mol. The highest BCUT2D eigenvalue weighted by Crippen LogP contribution is 2.19. The fourth-order valence-corrected chi connectivity index (χ4v) is 7.40. The number of nitrogens with one attached hydrogen (secondary N) is 5. The second-order valence-electron chi connectivity index (χ2n) is 15.1. The molecule has 0 heterocycles. The van der Waals surface area contributed by atoms with Gasteiger partial charge in [0.2, 0.25) is 23.6 Å². The molecule has 0 aliphatic rings. The van der Waals surface area contributed by atoms with E-state index in [0.717, 1.165) is 24.0 Å². The Kier molecular flexibility index (Phi) is 21.3. The fourth-order valence-electron chi connectivity index (χ4n) is 5.28. The Balaban J connectivity index is 2.14. The van der Waals surface area contributed by atoms with Crippen molar-refractivity contribution in [3.8, 4) is 0 Å². The molecule has 6 N–H and O–H groups in total. The molecule has 5 amide bonds. The summed E-state index contributed by atoms with van der Waals surface area (Å²) in [6.07, 6.45) is -0.0870. The molecule has 0 aliphatic heterocycles. The maximum atomic E-state index is 13.6. The van der Waals surface area contributed by atoms with E-state index in [0.29, 0.717) is 23.8 Å². The first-order valence-corrected chi connectivity index (χ1v) is 21.4. The van der Waals surface area contributed by atoms with Crippen LogP contribution in [0, 0.1) is 11.8 Å². The highest BCUT2D eigenvalue weighted by atomic mass is 32.2. The Hall–Kier alpha value is -3.75. The van der Waals surface area contributed by atoms with Crippen LogP contribution < -0.4 is 26.6 Å². The minimum absolute atomic E-state index is 0.0200. The third kappa shape index (κ3) is 19.1. The van der Waals surface area contributed by atoms with E-state index in [9.17, 15) is 29.1 Å². The molecule has 0 fully saturated rings. The summed E-state index contributed by atoms with van der Waals surface area (Å²) in [6.45, 7) is 14.7. The van der Waals surface area contributed by atoms with Crippen LogP contribution in [0.3, 0.4) is 0 Å². The predicted octanol–water partition coefficient (Wildman–Crippen LogP) is 5.18. The SMILES string of the molecule is CCCCNC(=O)[C@@H](NC(=O)[C@H](C)C[C@H](O)[C@H](CSCc1ccccc1)NC(=O)[C@H](C)NC(=O)[C@H](CSCc1ccccc1)NC(=O)OC(C)(C)C)C(C)C. The second-order valence-corrected chi connectivity index (χ2v) is 17.2. The van der Waals surface area contributed by atoms with Crippen molar-refractivity contribution in [1.29, 1.82) is 0 Å². The van der Waals surface area contributed by atoms with E-state index < -0.39 is 59.7 Å². The number of benzene rings is 2. The Morgan fingerprint density at radius 1 is 0.727 bits per heavy atom. The zero-order valence-corrected chi connectivity index (χ0v) is 35.3. The number of carbonyl (C=O) groups is 5. The largest absolute Gasteiger partial charge is 0.444 e. The van der Waals surface area contributed by atoms with E-state index in [1.807, 2.05) is 81.4 Å². The summed E-state index contributed by atoms with van der Waals surface area (Å²) in [5.74, 6) is -0.762. The highest BCUT2D eigenvalue weighted by Gasteiger charge is 2.32. The Morgan fingerprint density at radius 2 is 1.29 bits per heavy atom. The van der Waals surface area contributed by atoms with Crippen molar-refractivity contribution in [3.63, 3.8) is 0 Å². The van der Waals surface area contributed by atoms with E-state index in [-0.39, 0.29) is 29.9 Å². The molecule has 0 aliphatic carbocycles. The van der Waals surface area contributed by atoms with Gasteiger partial charge >= 0.3 is 6.09 Å². The van der Waals surface area contributed by atoms with Crippen LogP contribution in [0.1, 0.15) is 85.8 Å². The molecule has 6 atom stereocenters. The number of ether oxygens (including phenoxy) is 1. The summed E-state index contributed by atoms with van der Waals surface area (Å²) in [6, 6.07) is 16.0. The summed E-state index contributed by atoms with van der Waals surface area (Å²) >= 11 is 2.97. The standard InChI is InChI=1S/C41H63N5O7S2/c1-9-10-21-42-39(51)35(27(2)3)46-36(48)28(4)22-34(47)32(25-54-23-30-17-13-11-14-18-30)44-37(49)29(5)43-38(50)33(45-40(52)53-41(6,7)8)26-55-24-31-19-15-12-16-20-31/h11-20,27-29,32-35,47H,9-10,21-26H2,1-8H3,(H,42,51)(H,43,50)(H,44,49)(H,45,52)(H,46,48)/t28-,29+,32+,33+,34+,35+/m1/s1. The fraction of sp³-hybridized carbons (Fsp3) is 0.585. The van der Waals surface area contributed by atoms with Gasteiger partial charge < -0.3 is 36.4 Å². The molecule has 0 aromatic heterocycles. The number of thioether (sulfide) groups is 2. The molecule has 0 bridgehead atoms. The molecule has 2 aromatic rings. The first-order valence-electron chi connectivity index (χ1n) is 19.1. The van der Waals surface area contributed by atoms with Crippen LogP contribution in [0.4, 0.5) is 4.79 Å². The third-order valence-corrected chi connectivity index (χ3v) is 10.7. The molecule has 0 saturated heterocycles. The lowest BCUT2D eigenvalue weighted by Gasteiger charge is -2.29. The van der Waals surface area contributed by atoms with Crippen molar-refractivity contribution in [3.05, 3.63) is 71.8 Å². The van der Waals surface area contributed by atoms with E-state index in [1.165, 1.54) is 30.4 Å². The lowest BCUT2D eigenvalue weighted by Crippen LogP contribution is -2.56. The van der Waals surface area contributed by atoms with Crippen molar-refractivity contribution in [2.24, 2.45) is 11.8 Å². The smallest absolute Gasteiger partial charge is 0.408 e. The second kappa shape index (κ2) is 24.7. The number of hydrogen-bond donors (Lipinski definition) is 6. The Morgan fingerprint density at radius 3 is 1.82 bits per heavy atom. The molecule has 0 spiro atoms. The summed E-state index contributed by atoms with van der Waals surface area (Å²) in [4.78, 5) is 65.9. The molecule has 14 heteroatoms. The first-order chi connectivity index (χ1) is 26.0. The number of alkyl carbamates (subject to hydrolysis) is 1. The van der Waals surface area contributed by atoms with Crippen molar-refractivity contribution < 1.29 is 33.8 Å². The van der Waals surface area contributed by atoms with Gasteiger partial charge in [0.05, 0.1) is 12.1 Å². The zero-order chi connectivity index (χ0) is 41.0. The van der Waals surface area contributed by atoms with Gasteiger partial charge in [-0.3, -0.25) is 19.2 Å². The molecule has 2 aromatic carbocycles. The van der Waals surface area contributed by atoms with Crippen molar-refractivity contribution >= 4 is 53.2 Å². The molecular formula is C41H63N5O7S2. The van der Waals surface area contributed by atoms with E-state index in [2.05, 4.69) is 26.6 Å². The van der Waals surface area contributed by atoms with Crippen molar-refractivity contribution in [2.75, 3.05) is 18.1 Å². The van der Waals surface area contributed by atoms with Crippen molar-refractivity contribution in [2.45, 2.75) is 122 Å². The summed E-state index contributed by atoms with van der Waals surface area (Å²) in [7, 11) is 0. The third-order valence-electron chi connectivity index (χ3n) is 8.48. The van der Waals surface area contributed by atoms with E-state index in [4.69, 9.17) is 4.74 Å².